The fourth-order valence-electron chi connectivity index (χ4n) is 3.20. The van der Waals surface area contributed by atoms with E-state index in [0.29, 0.717) is 0 Å². The molecule has 6 heteroatoms. The van der Waals surface area contributed by atoms with E-state index in [0.717, 1.165) is 56.4 Å². The van der Waals surface area contributed by atoms with Gasteiger partial charge in [0.2, 0.25) is 5.95 Å². The number of benzene rings is 1. The third kappa shape index (κ3) is 3.38. The Morgan fingerprint density at radius 2 is 1.71 bits per heavy atom. The number of piperazine rings is 1. The third-order valence-electron chi connectivity index (χ3n) is 4.51. The maximum absolute atomic E-state index is 5.64. The zero-order chi connectivity index (χ0) is 16.2. The molecule has 6 nitrogen and oxygen atoms in total. The first-order valence-corrected chi connectivity index (χ1v) is 8.41. The lowest BCUT2D eigenvalue weighted by molar-refractivity contribution is 0.0509. The molecule has 0 bridgehead atoms. The largest absolute Gasteiger partial charge is 0.390 e. The van der Waals surface area contributed by atoms with Gasteiger partial charge in [-0.1, -0.05) is 35.5 Å². The Hall–Kier alpha value is -2.47. The van der Waals surface area contributed by atoms with Crippen LogP contribution in [0.4, 0.5) is 5.95 Å². The standard InChI is InChI=1S/C18H21N5O/c1-2-5-15(6-3-1)17-13-16(24-21-17)14-22-9-11-23(12-10-22)18-19-7-4-8-20-18/h1-8,16H,9-14H2/t16-/m0/s1. The van der Waals surface area contributed by atoms with Crippen LogP contribution in [0.3, 0.4) is 0 Å². The van der Waals surface area contributed by atoms with E-state index >= 15 is 0 Å². The van der Waals surface area contributed by atoms with E-state index in [1.165, 1.54) is 0 Å². The van der Waals surface area contributed by atoms with Crippen LogP contribution in [-0.2, 0) is 4.84 Å². The second-order valence-electron chi connectivity index (χ2n) is 6.17. The Balaban J connectivity index is 1.27. The monoisotopic (exact) mass is 323 g/mol. The number of rotatable bonds is 4. The van der Waals surface area contributed by atoms with Gasteiger partial charge in [-0.05, 0) is 11.6 Å². The molecule has 0 saturated carbocycles. The summed E-state index contributed by atoms with van der Waals surface area (Å²) < 4.78 is 0. The molecule has 0 amide bonds. The molecule has 2 aliphatic rings. The summed E-state index contributed by atoms with van der Waals surface area (Å²) in [5.41, 5.74) is 2.21. The molecule has 0 radical (unpaired) electrons. The normalized spacial score (nSPS) is 21.4. The lowest BCUT2D eigenvalue weighted by Gasteiger charge is -2.35. The average Bonchev–Trinajstić information content (AvgIpc) is 3.12. The van der Waals surface area contributed by atoms with Crippen molar-refractivity contribution in [1.29, 1.82) is 0 Å². The third-order valence-corrected chi connectivity index (χ3v) is 4.51. The second kappa shape index (κ2) is 6.97. The number of aromatic nitrogens is 2. The SMILES string of the molecule is c1ccc(C2=NO[C@H](CN3CCN(c4ncccn4)CC3)C2)cc1. The van der Waals surface area contributed by atoms with Gasteiger partial charge in [0.25, 0.3) is 0 Å². The van der Waals surface area contributed by atoms with E-state index < -0.39 is 0 Å². The molecule has 4 rings (SSSR count). The van der Waals surface area contributed by atoms with Crippen molar-refractivity contribution in [2.75, 3.05) is 37.6 Å². The Morgan fingerprint density at radius 3 is 2.46 bits per heavy atom. The van der Waals surface area contributed by atoms with Crippen LogP contribution in [0.5, 0.6) is 0 Å². The van der Waals surface area contributed by atoms with Crippen LogP contribution in [0.15, 0.2) is 53.9 Å². The minimum atomic E-state index is 0.153. The van der Waals surface area contributed by atoms with Gasteiger partial charge in [0.1, 0.15) is 6.10 Å². The minimum absolute atomic E-state index is 0.153. The summed E-state index contributed by atoms with van der Waals surface area (Å²) in [5, 5.41) is 4.27. The van der Waals surface area contributed by atoms with Gasteiger partial charge >= 0.3 is 0 Å². The van der Waals surface area contributed by atoms with Crippen LogP contribution < -0.4 is 4.90 Å². The predicted octanol–water partition coefficient (Wildman–Crippen LogP) is 1.79. The van der Waals surface area contributed by atoms with Crippen LogP contribution in [-0.4, -0.2) is 59.4 Å². The number of hydrogen-bond acceptors (Lipinski definition) is 6. The highest BCUT2D eigenvalue weighted by molar-refractivity contribution is 6.01. The number of anilines is 1. The molecule has 0 aliphatic carbocycles. The average molecular weight is 323 g/mol. The topological polar surface area (TPSA) is 53.9 Å². The Labute approximate surface area is 141 Å². The van der Waals surface area contributed by atoms with Crippen molar-refractivity contribution in [3.05, 3.63) is 54.4 Å². The molecule has 0 unspecified atom stereocenters. The summed E-state index contributed by atoms with van der Waals surface area (Å²) in [4.78, 5) is 19.0. The number of nitrogens with zero attached hydrogens (tertiary/aromatic N) is 5. The fraction of sp³-hybridized carbons (Fsp3) is 0.389. The van der Waals surface area contributed by atoms with Gasteiger partial charge in [-0.25, -0.2) is 9.97 Å². The first kappa shape index (κ1) is 15.1. The highest BCUT2D eigenvalue weighted by Crippen LogP contribution is 2.18. The molecular weight excluding hydrogens is 302 g/mol. The molecule has 124 valence electrons. The van der Waals surface area contributed by atoms with Crippen LogP contribution in [0.25, 0.3) is 0 Å². The van der Waals surface area contributed by atoms with Gasteiger partial charge in [-0.2, -0.15) is 0 Å². The van der Waals surface area contributed by atoms with E-state index in [-0.39, 0.29) is 6.10 Å². The Morgan fingerprint density at radius 1 is 0.958 bits per heavy atom. The van der Waals surface area contributed by atoms with E-state index in [2.05, 4.69) is 37.1 Å². The summed E-state index contributed by atoms with van der Waals surface area (Å²) in [6.07, 6.45) is 4.62. The maximum Gasteiger partial charge on any atom is 0.225 e. The summed E-state index contributed by atoms with van der Waals surface area (Å²) in [7, 11) is 0. The number of oxime groups is 1. The van der Waals surface area contributed by atoms with Gasteiger partial charge in [0, 0.05) is 51.5 Å². The molecule has 0 spiro atoms. The quantitative estimate of drug-likeness (QED) is 0.859. The van der Waals surface area contributed by atoms with Crippen LogP contribution >= 0.6 is 0 Å². The van der Waals surface area contributed by atoms with Crippen molar-refractivity contribution in [1.82, 2.24) is 14.9 Å². The van der Waals surface area contributed by atoms with E-state index in [1.807, 2.05) is 24.3 Å². The van der Waals surface area contributed by atoms with Gasteiger partial charge in [0.15, 0.2) is 0 Å². The van der Waals surface area contributed by atoms with E-state index in [4.69, 9.17) is 4.84 Å². The highest BCUT2D eigenvalue weighted by atomic mass is 16.6. The van der Waals surface area contributed by atoms with E-state index in [1.54, 1.807) is 12.4 Å². The molecule has 24 heavy (non-hydrogen) atoms. The van der Waals surface area contributed by atoms with Crippen molar-refractivity contribution in [2.24, 2.45) is 5.16 Å². The van der Waals surface area contributed by atoms with Gasteiger partial charge < -0.3 is 9.74 Å². The van der Waals surface area contributed by atoms with Crippen LogP contribution in [0.1, 0.15) is 12.0 Å². The summed E-state index contributed by atoms with van der Waals surface area (Å²) in [6.45, 7) is 4.81. The maximum atomic E-state index is 5.64. The first-order chi connectivity index (χ1) is 11.9. The Kier molecular flexibility index (Phi) is 4.38. The summed E-state index contributed by atoms with van der Waals surface area (Å²) >= 11 is 0. The molecule has 2 aliphatic heterocycles. The van der Waals surface area contributed by atoms with Gasteiger partial charge in [-0.3, -0.25) is 4.90 Å². The van der Waals surface area contributed by atoms with E-state index in [9.17, 15) is 0 Å². The molecule has 1 saturated heterocycles. The predicted molar refractivity (Wildman–Crippen MR) is 93.2 cm³/mol. The zero-order valence-corrected chi connectivity index (χ0v) is 13.6. The molecule has 3 heterocycles. The molecular formula is C18H21N5O. The fourth-order valence-corrected chi connectivity index (χ4v) is 3.20. The van der Waals surface area contributed by atoms with Crippen molar-refractivity contribution in [2.45, 2.75) is 12.5 Å². The van der Waals surface area contributed by atoms with Crippen molar-refractivity contribution in [3.63, 3.8) is 0 Å². The molecule has 1 aromatic heterocycles. The lowest BCUT2D eigenvalue weighted by Crippen LogP contribution is -2.49. The first-order valence-electron chi connectivity index (χ1n) is 8.41. The summed E-state index contributed by atoms with van der Waals surface area (Å²) in [6, 6.07) is 12.1. The smallest absolute Gasteiger partial charge is 0.225 e. The Bertz CT molecular complexity index is 683. The zero-order valence-electron chi connectivity index (χ0n) is 13.6. The van der Waals surface area contributed by atoms with Gasteiger partial charge in [0.05, 0.1) is 5.71 Å². The minimum Gasteiger partial charge on any atom is -0.390 e. The molecule has 0 N–H and O–H groups in total. The van der Waals surface area contributed by atoms with Crippen molar-refractivity contribution in [3.8, 4) is 0 Å². The second-order valence-corrected chi connectivity index (χ2v) is 6.17. The molecule has 1 fully saturated rings. The molecule has 1 aromatic carbocycles. The molecule has 1 atom stereocenters. The lowest BCUT2D eigenvalue weighted by atomic mass is 10.0. The van der Waals surface area contributed by atoms with Gasteiger partial charge in [-0.15, -0.1) is 0 Å². The van der Waals surface area contributed by atoms with Crippen LogP contribution in [0.2, 0.25) is 0 Å². The van der Waals surface area contributed by atoms with Crippen molar-refractivity contribution < 1.29 is 4.84 Å². The van der Waals surface area contributed by atoms with Crippen molar-refractivity contribution >= 4 is 11.7 Å². The molecule has 2 aromatic rings. The van der Waals surface area contributed by atoms with Crippen LogP contribution in [0, 0.1) is 0 Å². The number of hydrogen-bond donors (Lipinski definition) is 0. The highest BCUT2D eigenvalue weighted by Gasteiger charge is 2.26. The summed E-state index contributed by atoms with van der Waals surface area (Å²) in [5.74, 6) is 0.823.